The molecule has 5 aromatic rings. The second kappa shape index (κ2) is 26.3. The molecule has 2 aliphatic rings. The standard InChI is InChI=1S/C57H64O12/c1-6-47-40(4)50(68-55(58)45-29-19-11-20-30-45)54(69-56(59)46-31-21-12-22-32-46)57(66-47)64-34-39(3)33-61-49(7-2)67-51-41(5)65-48(38-60-35-42-23-13-8-14-24-42)52(62-36-43-25-15-9-16-26-43)53(51)63-37-44-27-17-10-18-28-44/h7-32,40-41,47-54,57H,2-3,6,33-38H2,1,4-5H3/t40-,41+,47-,48-,49+,50+,51+,52-,53-,54-,57-/m1/s1. The van der Waals surface area contributed by atoms with Gasteiger partial charge < -0.3 is 47.4 Å². The summed E-state index contributed by atoms with van der Waals surface area (Å²) in [5, 5.41) is 0. The summed E-state index contributed by atoms with van der Waals surface area (Å²) >= 11 is 0. The number of hydrogen-bond acceptors (Lipinski definition) is 12. The van der Waals surface area contributed by atoms with Crippen molar-refractivity contribution in [3.05, 3.63) is 204 Å². The predicted octanol–water partition coefficient (Wildman–Crippen LogP) is 9.87. The molecule has 2 aliphatic heterocycles. The van der Waals surface area contributed by atoms with E-state index >= 15 is 0 Å². The first-order valence-corrected chi connectivity index (χ1v) is 23.6. The molecule has 0 aromatic heterocycles. The number of ether oxygens (including phenoxy) is 10. The van der Waals surface area contributed by atoms with Crippen molar-refractivity contribution in [2.24, 2.45) is 5.92 Å². The summed E-state index contributed by atoms with van der Waals surface area (Å²) in [6.07, 6.45) is -5.19. The van der Waals surface area contributed by atoms with Gasteiger partial charge in [0.25, 0.3) is 0 Å². The third-order valence-electron chi connectivity index (χ3n) is 12.1. The van der Waals surface area contributed by atoms with Crippen molar-refractivity contribution < 1.29 is 57.0 Å². The van der Waals surface area contributed by atoms with Gasteiger partial charge in [-0.05, 0) is 65.9 Å². The summed E-state index contributed by atoms with van der Waals surface area (Å²) in [7, 11) is 0. The van der Waals surface area contributed by atoms with Gasteiger partial charge in [0, 0.05) is 5.92 Å². The molecule has 0 aliphatic carbocycles. The first-order valence-electron chi connectivity index (χ1n) is 23.6. The van der Waals surface area contributed by atoms with Crippen molar-refractivity contribution in [1.82, 2.24) is 0 Å². The van der Waals surface area contributed by atoms with Gasteiger partial charge in [0.2, 0.25) is 0 Å². The SMILES string of the molecule is C=C[C@@H](OCC(=C)CO[C@@H]1O[C@H](CC)[C@@H](C)[C@H](OC(=O)c2ccccc2)[C@H]1OC(=O)c1ccccc1)O[C@@H]1[C@@H](OCc2ccccc2)[C@H](OCc2ccccc2)[C@@H](COCc2ccccc2)O[C@H]1C. The highest BCUT2D eigenvalue weighted by Gasteiger charge is 2.50. The quantitative estimate of drug-likeness (QED) is 0.0332. The topological polar surface area (TPSA) is 126 Å². The van der Waals surface area contributed by atoms with Crippen LogP contribution in [0.2, 0.25) is 0 Å². The molecule has 12 nitrogen and oxygen atoms in total. The maximum Gasteiger partial charge on any atom is 0.338 e. The Morgan fingerprint density at radius 2 is 1.07 bits per heavy atom. The van der Waals surface area contributed by atoms with Gasteiger partial charge in [-0.25, -0.2) is 9.59 Å². The van der Waals surface area contributed by atoms with E-state index in [1.165, 1.54) is 0 Å². The smallest absolute Gasteiger partial charge is 0.338 e. The van der Waals surface area contributed by atoms with Crippen LogP contribution in [0, 0.1) is 5.92 Å². The normalized spacial score (nSPS) is 25.0. The molecular formula is C57H64O12. The Hall–Kier alpha value is -5.80. The third-order valence-corrected chi connectivity index (χ3v) is 12.1. The van der Waals surface area contributed by atoms with E-state index < -0.39 is 67.2 Å². The fourth-order valence-corrected chi connectivity index (χ4v) is 8.44. The van der Waals surface area contributed by atoms with Crippen LogP contribution in [-0.2, 0) is 67.2 Å². The number of carbonyl (C=O) groups is 2. The van der Waals surface area contributed by atoms with Crippen LogP contribution >= 0.6 is 0 Å². The van der Waals surface area contributed by atoms with E-state index in [4.69, 9.17) is 47.4 Å². The molecule has 0 bridgehead atoms. The molecule has 0 spiro atoms. The summed E-state index contributed by atoms with van der Waals surface area (Å²) in [6.45, 7) is 15.3. The lowest BCUT2D eigenvalue weighted by molar-refractivity contribution is -0.290. The van der Waals surface area contributed by atoms with E-state index in [1.807, 2.05) is 118 Å². The molecule has 0 N–H and O–H groups in total. The number of rotatable bonds is 24. The molecule has 364 valence electrons. The second-order valence-corrected chi connectivity index (χ2v) is 17.3. The van der Waals surface area contributed by atoms with Crippen molar-refractivity contribution in [3.8, 4) is 0 Å². The maximum atomic E-state index is 13.6. The Morgan fingerprint density at radius 3 is 1.59 bits per heavy atom. The fourth-order valence-electron chi connectivity index (χ4n) is 8.44. The molecular weight excluding hydrogens is 877 g/mol. The molecule has 0 radical (unpaired) electrons. The van der Waals surface area contributed by atoms with E-state index in [1.54, 1.807) is 60.7 Å². The van der Waals surface area contributed by atoms with Gasteiger partial charge in [-0.1, -0.05) is 154 Å². The zero-order valence-corrected chi connectivity index (χ0v) is 39.6. The lowest BCUT2D eigenvalue weighted by Crippen LogP contribution is -2.61. The minimum atomic E-state index is -1.12. The Bertz CT molecular complexity index is 2320. The van der Waals surface area contributed by atoms with E-state index in [9.17, 15) is 9.59 Å². The van der Waals surface area contributed by atoms with Gasteiger partial charge >= 0.3 is 11.9 Å². The van der Waals surface area contributed by atoms with Crippen LogP contribution in [0.3, 0.4) is 0 Å². The van der Waals surface area contributed by atoms with Crippen molar-refractivity contribution in [2.45, 2.75) is 108 Å². The summed E-state index contributed by atoms with van der Waals surface area (Å²) in [6, 6.07) is 47.1. The molecule has 69 heavy (non-hydrogen) atoms. The number of carbonyl (C=O) groups excluding carboxylic acids is 2. The lowest BCUT2D eigenvalue weighted by atomic mass is 9.89. The summed E-state index contributed by atoms with van der Waals surface area (Å²) in [5.74, 6) is -1.51. The highest BCUT2D eigenvalue weighted by molar-refractivity contribution is 5.90. The van der Waals surface area contributed by atoms with E-state index in [2.05, 4.69) is 13.2 Å². The van der Waals surface area contributed by atoms with E-state index in [0.717, 1.165) is 16.7 Å². The Morgan fingerprint density at radius 1 is 0.580 bits per heavy atom. The van der Waals surface area contributed by atoms with Crippen LogP contribution in [0.25, 0.3) is 0 Å². The average Bonchev–Trinajstić information content (AvgIpc) is 3.39. The van der Waals surface area contributed by atoms with Gasteiger partial charge in [0.05, 0.1) is 63.0 Å². The first kappa shape index (κ1) is 51.1. The van der Waals surface area contributed by atoms with Crippen molar-refractivity contribution in [3.63, 3.8) is 0 Å². The van der Waals surface area contributed by atoms with Gasteiger partial charge in [0.1, 0.15) is 30.5 Å². The van der Waals surface area contributed by atoms with Crippen LogP contribution in [-0.4, -0.2) is 93.2 Å². The van der Waals surface area contributed by atoms with Crippen LogP contribution in [0.1, 0.15) is 64.6 Å². The fraction of sp³-hybridized carbons (Fsp3) is 0.368. The molecule has 2 saturated heterocycles. The average molecular weight is 941 g/mol. The Balaban J connectivity index is 1.04. The van der Waals surface area contributed by atoms with Crippen molar-refractivity contribution in [2.75, 3.05) is 19.8 Å². The summed E-state index contributed by atoms with van der Waals surface area (Å²) < 4.78 is 64.5. The molecule has 2 heterocycles. The first-order chi connectivity index (χ1) is 33.7. The van der Waals surface area contributed by atoms with Gasteiger partial charge in [-0.15, -0.1) is 0 Å². The number of hydrogen-bond donors (Lipinski definition) is 0. The minimum absolute atomic E-state index is 0.000703. The van der Waals surface area contributed by atoms with Gasteiger partial charge in [-0.3, -0.25) is 0 Å². The molecule has 12 heteroatoms. The number of benzene rings is 5. The van der Waals surface area contributed by atoms with Crippen LogP contribution < -0.4 is 0 Å². The van der Waals surface area contributed by atoms with Crippen LogP contribution in [0.5, 0.6) is 0 Å². The zero-order valence-electron chi connectivity index (χ0n) is 39.6. The Labute approximate surface area is 406 Å². The molecule has 0 saturated carbocycles. The monoisotopic (exact) mass is 940 g/mol. The predicted molar refractivity (Wildman–Crippen MR) is 260 cm³/mol. The number of esters is 2. The van der Waals surface area contributed by atoms with Gasteiger partial charge in [0.15, 0.2) is 18.7 Å². The molecule has 7 rings (SSSR count). The Kier molecular flexibility index (Phi) is 19.4. The maximum absolute atomic E-state index is 13.6. The van der Waals surface area contributed by atoms with Crippen LogP contribution in [0.4, 0.5) is 0 Å². The van der Waals surface area contributed by atoms with Crippen molar-refractivity contribution >= 4 is 11.9 Å². The second-order valence-electron chi connectivity index (χ2n) is 17.3. The lowest BCUT2D eigenvalue weighted by Gasteiger charge is -2.46. The molecule has 2 fully saturated rings. The molecule has 5 aromatic carbocycles. The molecule has 0 amide bonds. The minimum Gasteiger partial charge on any atom is -0.454 e. The van der Waals surface area contributed by atoms with Crippen LogP contribution in [0.15, 0.2) is 176 Å². The van der Waals surface area contributed by atoms with Gasteiger partial charge in [-0.2, -0.15) is 0 Å². The van der Waals surface area contributed by atoms with E-state index in [0.29, 0.717) is 42.9 Å². The summed E-state index contributed by atoms with van der Waals surface area (Å²) in [5.41, 5.74) is 4.25. The highest BCUT2D eigenvalue weighted by atomic mass is 16.7. The summed E-state index contributed by atoms with van der Waals surface area (Å²) in [4.78, 5) is 27.0. The van der Waals surface area contributed by atoms with Crippen molar-refractivity contribution in [1.29, 1.82) is 0 Å². The molecule has 0 unspecified atom stereocenters. The molecule has 11 atom stereocenters. The largest absolute Gasteiger partial charge is 0.454 e. The highest BCUT2D eigenvalue weighted by Crippen LogP contribution is 2.35. The zero-order chi connectivity index (χ0) is 48.4. The van der Waals surface area contributed by atoms with E-state index in [-0.39, 0.29) is 31.8 Å². The third kappa shape index (κ3) is 14.6.